The molecule has 1 unspecified atom stereocenters. The molecule has 0 aliphatic carbocycles. The van der Waals surface area contributed by atoms with Gasteiger partial charge in [-0.2, -0.15) is 0 Å². The van der Waals surface area contributed by atoms with E-state index in [0.29, 0.717) is 19.0 Å². The number of amides is 1. The van der Waals surface area contributed by atoms with Crippen LogP contribution in [0.2, 0.25) is 0 Å². The van der Waals surface area contributed by atoms with Gasteiger partial charge in [-0.3, -0.25) is 9.69 Å². The molecule has 0 radical (unpaired) electrons. The molecule has 0 spiro atoms. The number of aromatic nitrogens is 3. The fourth-order valence-corrected chi connectivity index (χ4v) is 1.56. The molecule has 6 heteroatoms. The molecule has 1 N–H and O–H groups in total. The molecule has 1 aromatic rings. The molecule has 1 heterocycles. The van der Waals surface area contributed by atoms with Crippen molar-refractivity contribution in [3.05, 3.63) is 12.2 Å². The maximum Gasteiger partial charge on any atom is 0.237 e. The van der Waals surface area contributed by atoms with E-state index >= 15 is 0 Å². The lowest BCUT2D eigenvalue weighted by atomic mass is 10.3. The molecule has 0 aromatic carbocycles. The lowest BCUT2D eigenvalue weighted by Crippen LogP contribution is -2.42. The van der Waals surface area contributed by atoms with Gasteiger partial charge >= 0.3 is 0 Å². The molecular formula is C12H23N5O. The highest BCUT2D eigenvalue weighted by Gasteiger charge is 2.14. The summed E-state index contributed by atoms with van der Waals surface area (Å²) < 4.78 is 2.02. The number of rotatable bonds is 6. The molecule has 0 aliphatic rings. The van der Waals surface area contributed by atoms with Gasteiger partial charge in [0.25, 0.3) is 0 Å². The van der Waals surface area contributed by atoms with Crippen LogP contribution in [0, 0.1) is 0 Å². The third-order valence-corrected chi connectivity index (χ3v) is 3.01. The van der Waals surface area contributed by atoms with Crippen molar-refractivity contribution < 1.29 is 4.79 Å². The average Bonchev–Trinajstić information content (AvgIpc) is 2.76. The molecule has 1 atom stereocenters. The predicted molar refractivity (Wildman–Crippen MR) is 70.3 cm³/mol. The number of carbonyl (C=O) groups is 1. The maximum absolute atomic E-state index is 11.7. The van der Waals surface area contributed by atoms with Crippen LogP contribution in [-0.4, -0.2) is 52.3 Å². The molecule has 102 valence electrons. The Kier molecular flexibility index (Phi) is 5.27. The van der Waals surface area contributed by atoms with Crippen LogP contribution in [0.5, 0.6) is 0 Å². The van der Waals surface area contributed by atoms with E-state index in [1.807, 2.05) is 30.5 Å². The van der Waals surface area contributed by atoms with Crippen LogP contribution < -0.4 is 5.32 Å². The first-order chi connectivity index (χ1) is 8.43. The summed E-state index contributed by atoms with van der Waals surface area (Å²) in [5, 5.41) is 10.9. The summed E-state index contributed by atoms with van der Waals surface area (Å²) in [5.41, 5.74) is 0. The van der Waals surface area contributed by atoms with Crippen molar-refractivity contribution in [3.63, 3.8) is 0 Å². The maximum atomic E-state index is 11.7. The standard InChI is InChI=1S/C12H23N5O/c1-9(2)17-8-14-15-11(17)6-7-13-12(18)10(3)16(4)5/h8-10H,6-7H2,1-5H3,(H,13,18). The number of hydrogen-bond acceptors (Lipinski definition) is 4. The molecule has 0 saturated carbocycles. The zero-order chi connectivity index (χ0) is 13.7. The largest absolute Gasteiger partial charge is 0.354 e. The first-order valence-corrected chi connectivity index (χ1v) is 6.26. The second-order valence-electron chi connectivity index (χ2n) is 4.93. The smallest absolute Gasteiger partial charge is 0.237 e. The molecule has 1 aromatic heterocycles. The minimum atomic E-state index is -0.118. The molecule has 1 rings (SSSR count). The predicted octanol–water partition coefficient (Wildman–Crippen LogP) is 0.468. The molecule has 0 aliphatic heterocycles. The van der Waals surface area contributed by atoms with Crippen molar-refractivity contribution in [3.8, 4) is 0 Å². The van der Waals surface area contributed by atoms with E-state index < -0.39 is 0 Å². The van der Waals surface area contributed by atoms with Crippen molar-refractivity contribution >= 4 is 5.91 Å². The summed E-state index contributed by atoms with van der Waals surface area (Å²) in [6.07, 6.45) is 2.42. The Bertz CT molecular complexity index is 386. The van der Waals surface area contributed by atoms with Crippen molar-refractivity contribution in [2.45, 2.75) is 39.3 Å². The van der Waals surface area contributed by atoms with E-state index in [1.165, 1.54) is 0 Å². The van der Waals surface area contributed by atoms with Crippen molar-refractivity contribution in [2.24, 2.45) is 0 Å². The summed E-state index contributed by atoms with van der Waals surface area (Å²) in [4.78, 5) is 13.6. The highest BCUT2D eigenvalue weighted by molar-refractivity contribution is 5.81. The summed E-state index contributed by atoms with van der Waals surface area (Å²) >= 11 is 0. The van der Waals surface area contributed by atoms with Crippen molar-refractivity contribution in [2.75, 3.05) is 20.6 Å². The van der Waals surface area contributed by atoms with Crippen LogP contribution in [-0.2, 0) is 11.2 Å². The highest BCUT2D eigenvalue weighted by Crippen LogP contribution is 2.06. The van der Waals surface area contributed by atoms with E-state index in [9.17, 15) is 4.79 Å². The Hall–Kier alpha value is -1.43. The molecule has 1 amide bonds. The van der Waals surface area contributed by atoms with Crippen LogP contribution in [0.1, 0.15) is 32.6 Å². The first-order valence-electron chi connectivity index (χ1n) is 6.26. The number of carbonyl (C=O) groups excluding carboxylic acids is 1. The monoisotopic (exact) mass is 253 g/mol. The number of nitrogens with zero attached hydrogens (tertiary/aromatic N) is 4. The quantitative estimate of drug-likeness (QED) is 0.800. The Balaban J connectivity index is 2.42. The molecule has 6 nitrogen and oxygen atoms in total. The molecule has 0 bridgehead atoms. The van der Waals surface area contributed by atoms with E-state index in [2.05, 4.69) is 29.4 Å². The lowest BCUT2D eigenvalue weighted by molar-refractivity contribution is -0.124. The van der Waals surface area contributed by atoms with Gasteiger partial charge in [-0.1, -0.05) is 0 Å². The van der Waals surface area contributed by atoms with Crippen LogP contribution in [0.15, 0.2) is 6.33 Å². The summed E-state index contributed by atoms with van der Waals surface area (Å²) in [6, 6.07) is 0.222. The minimum absolute atomic E-state index is 0.0376. The summed E-state index contributed by atoms with van der Waals surface area (Å²) in [7, 11) is 3.78. The van der Waals surface area contributed by atoms with E-state index in [0.717, 1.165) is 5.82 Å². The fraction of sp³-hybridized carbons (Fsp3) is 0.750. The van der Waals surface area contributed by atoms with Crippen LogP contribution in [0.25, 0.3) is 0 Å². The minimum Gasteiger partial charge on any atom is -0.354 e. The SMILES string of the molecule is CC(C(=O)NCCc1nncn1C(C)C)N(C)C. The third-order valence-electron chi connectivity index (χ3n) is 3.01. The zero-order valence-corrected chi connectivity index (χ0v) is 11.8. The van der Waals surface area contributed by atoms with Gasteiger partial charge in [-0.15, -0.1) is 10.2 Å². The van der Waals surface area contributed by atoms with Gasteiger partial charge in [0, 0.05) is 19.0 Å². The molecule has 0 fully saturated rings. The van der Waals surface area contributed by atoms with Crippen LogP contribution in [0.3, 0.4) is 0 Å². The lowest BCUT2D eigenvalue weighted by Gasteiger charge is -2.19. The third kappa shape index (κ3) is 3.80. The van der Waals surface area contributed by atoms with Gasteiger partial charge in [-0.05, 0) is 34.9 Å². The van der Waals surface area contributed by atoms with E-state index in [-0.39, 0.29) is 11.9 Å². The number of hydrogen-bond donors (Lipinski definition) is 1. The number of likely N-dealkylation sites (N-methyl/N-ethyl adjacent to an activating group) is 1. The van der Waals surface area contributed by atoms with Crippen molar-refractivity contribution in [1.29, 1.82) is 0 Å². The molecular weight excluding hydrogens is 230 g/mol. The van der Waals surface area contributed by atoms with E-state index in [1.54, 1.807) is 6.33 Å². The Morgan fingerprint density at radius 1 is 1.44 bits per heavy atom. The Morgan fingerprint density at radius 2 is 2.11 bits per heavy atom. The first kappa shape index (κ1) is 14.6. The van der Waals surface area contributed by atoms with Gasteiger partial charge in [-0.25, -0.2) is 0 Å². The van der Waals surface area contributed by atoms with Crippen LogP contribution in [0.4, 0.5) is 0 Å². The van der Waals surface area contributed by atoms with Crippen molar-refractivity contribution in [1.82, 2.24) is 25.0 Å². The van der Waals surface area contributed by atoms with Gasteiger partial charge in [0.1, 0.15) is 12.2 Å². The normalized spacial score (nSPS) is 13.1. The Labute approximate surface area is 108 Å². The van der Waals surface area contributed by atoms with Gasteiger partial charge in [0.2, 0.25) is 5.91 Å². The topological polar surface area (TPSA) is 63.1 Å². The van der Waals surface area contributed by atoms with E-state index in [4.69, 9.17) is 0 Å². The summed E-state index contributed by atoms with van der Waals surface area (Å²) in [5.74, 6) is 0.943. The van der Waals surface area contributed by atoms with Crippen LogP contribution >= 0.6 is 0 Å². The van der Waals surface area contributed by atoms with Gasteiger partial charge in [0.05, 0.1) is 6.04 Å². The fourth-order valence-electron chi connectivity index (χ4n) is 1.56. The average molecular weight is 253 g/mol. The summed E-state index contributed by atoms with van der Waals surface area (Å²) in [6.45, 7) is 6.63. The highest BCUT2D eigenvalue weighted by atomic mass is 16.2. The second-order valence-corrected chi connectivity index (χ2v) is 4.93. The molecule has 18 heavy (non-hydrogen) atoms. The van der Waals surface area contributed by atoms with Gasteiger partial charge < -0.3 is 9.88 Å². The van der Waals surface area contributed by atoms with Gasteiger partial charge in [0.15, 0.2) is 0 Å². The zero-order valence-electron chi connectivity index (χ0n) is 11.8. The molecule has 0 saturated heterocycles. The number of nitrogens with one attached hydrogen (secondary N) is 1. The second kappa shape index (κ2) is 6.49. The Morgan fingerprint density at radius 3 is 2.67 bits per heavy atom.